The quantitative estimate of drug-likeness (QED) is 0.217. The number of carbonyl (C=O) groups is 1. The van der Waals surface area contributed by atoms with Gasteiger partial charge in [0.05, 0.1) is 17.7 Å². The second-order valence-corrected chi connectivity index (χ2v) is 10.1. The average molecular weight is 554 g/mol. The van der Waals surface area contributed by atoms with E-state index in [9.17, 15) is 25.4 Å². The number of ether oxygens (including phenoxy) is 3. The lowest BCUT2D eigenvalue weighted by atomic mass is 9.73. The molecule has 10 nitrogen and oxygen atoms in total. The van der Waals surface area contributed by atoms with Gasteiger partial charge >= 0.3 is 0 Å². The summed E-state index contributed by atoms with van der Waals surface area (Å²) < 4.78 is 16.4. The van der Waals surface area contributed by atoms with E-state index in [0.29, 0.717) is 70.2 Å². The van der Waals surface area contributed by atoms with Crippen LogP contribution in [-0.4, -0.2) is 35.6 Å². The molecule has 3 aromatic carbocycles. The molecule has 3 aromatic rings. The van der Waals surface area contributed by atoms with Crippen LogP contribution < -0.4 is 19.1 Å². The van der Waals surface area contributed by atoms with Crippen molar-refractivity contribution < 1.29 is 29.0 Å². The molecule has 0 amide bonds. The molecular formula is C31H27N3O7. The van der Waals surface area contributed by atoms with E-state index in [2.05, 4.69) is 0 Å². The Bertz CT molecular complexity index is 1670. The summed E-state index contributed by atoms with van der Waals surface area (Å²) in [5.74, 6) is 0.546. The number of carbonyl (C=O) groups excluding carboxylic acids is 1. The lowest BCUT2D eigenvalue weighted by Gasteiger charge is -2.42. The van der Waals surface area contributed by atoms with Crippen molar-refractivity contribution in [1.29, 1.82) is 5.41 Å². The van der Waals surface area contributed by atoms with Crippen LogP contribution in [0.4, 0.5) is 11.4 Å². The number of nitro groups is 1. The molecule has 41 heavy (non-hydrogen) atoms. The van der Waals surface area contributed by atoms with E-state index >= 15 is 0 Å². The van der Waals surface area contributed by atoms with Crippen LogP contribution in [0.1, 0.15) is 41.9 Å². The summed E-state index contributed by atoms with van der Waals surface area (Å²) >= 11 is 0. The average Bonchev–Trinajstić information content (AvgIpc) is 3.45. The summed E-state index contributed by atoms with van der Waals surface area (Å²) in [7, 11) is 1.54. The van der Waals surface area contributed by atoms with E-state index in [1.165, 1.54) is 12.1 Å². The fourth-order valence-corrected chi connectivity index (χ4v) is 5.74. The van der Waals surface area contributed by atoms with Gasteiger partial charge in [0.25, 0.3) is 5.69 Å². The molecular weight excluding hydrogens is 526 g/mol. The van der Waals surface area contributed by atoms with Crippen molar-refractivity contribution in [2.75, 3.05) is 18.8 Å². The number of rotatable bonds is 5. The molecule has 1 aliphatic carbocycles. The number of fused-ring (bicyclic) bond motifs is 1. The van der Waals surface area contributed by atoms with E-state index < -0.39 is 10.8 Å². The van der Waals surface area contributed by atoms with Crippen molar-refractivity contribution in [1.82, 2.24) is 0 Å². The number of nitro benzene ring substituents is 1. The molecule has 0 fully saturated rings. The number of amidine groups is 1. The van der Waals surface area contributed by atoms with Gasteiger partial charge in [0.15, 0.2) is 17.3 Å². The van der Waals surface area contributed by atoms with E-state index in [1.54, 1.807) is 61.4 Å². The van der Waals surface area contributed by atoms with Gasteiger partial charge in [0.2, 0.25) is 6.79 Å². The van der Waals surface area contributed by atoms with Crippen LogP contribution in [0, 0.1) is 22.4 Å². The number of methoxy groups -OCH3 is 1. The molecule has 208 valence electrons. The highest BCUT2D eigenvalue weighted by molar-refractivity contribution is 6.20. The van der Waals surface area contributed by atoms with Crippen LogP contribution >= 0.6 is 0 Å². The van der Waals surface area contributed by atoms with Crippen LogP contribution in [-0.2, 0) is 4.79 Å². The first-order valence-corrected chi connectivity index (χ1v) is 13.2. The summed E-state index contributed by atoms with van der Waals surface area (Å²) in [5.41, 5.74) is 3.31. The third-order valence-corrected chi connectivity index (χ3v) is 7.75. The first-order chi connectivity index (χ1) is 19.8. The van der Waals surface area contributed by atoms with E-state index in [-0.39, 0.29) is 35.4 Å². The van der Waals surface area contributed by atoms with Gasteiger partial charge in [0, 0.05) is 46.9 Å². The molecule has 1 atom stereocenters. The second kappa shape index (κ2) is 10.1. The van der Waals surface area contributed by atoms with Crippen LogP contribution in [0.2, 0.25) is 0 Å². The number of aliphatic hydroxyl groups excluding tert-OH is 1. The minimum absolute atomic E-state index is 0.0713. The zero-order valence-electron chi connectivity index (χ0n) is 22.5. The van der Waals surface area contributed by atoms with Gasteiger partial charge in [-0.2, -0.15) is 0 Å². The highest BCUT2D eigenvalue weighted by Crippen LogP contribution is 2.50. The zero-order valence-corrected chi connectivity index (χ0v) is 22.5. The Balaban J connectivity index is 1.65. The van der Waals surface area contributed by atoms with E-state index in [1.807, 2.05) is 6.07 Å². The van der Waals surface area contributed by atoms with Crippen molar-refractivity contribution in [3.8, 4) is 17.2 Å². The van der Waals surface area contributed by atoms with Crippen molar-refractivity contribution in [2.24, 2.45) is 0 Å². The number of non-ortho nitro benzene ring substituents is 1. The van der Waals surface area contributed by atoms with Crippen molar-refractivity contribution in [2.45, 2.75) is 32.1 Å². The fraction of sp³-hybridized carbons (Fsp3) is 0.226. The van der Waals surface area contributed by atoms with Crippen LogP contribution in [0.25, 0.3) is 5.76 Å². The van der Waals surface area contributed by atoms with Crippen LogP contribution in [0.3, 0.4) is 0 Å². The topological polar surface area (TPSA) is 135 Å². The fourth-order valence-electron chi connectivity index (χ4n) is 5.74. The largest absolute Gasteiger partial charge is 0.507 e. The second-order valence-electron chi connectivity index (χ2n) is 10.1. The Morgan fingerprint density at radius 2 is 1.83 bits per heavy atom. The highest BCUT2D eigenvalue weighted by Gasteiger charge is 2.44. The summed E-state index contributed by atoms with van der Waals surface area (Å²) in [6.45, 7) is 1.87. The van der Waals surface area contributed by atoms with Crippen LogP contribution in [0.15, 0.2) is 77.5 Å². The number of anilines is 1. The van der Waals surface area contributed by atoms with Gasteiger partial charge in [-0.1, -0.05) is 12.1 Å². The smallest absolute Gasteiger partial charge is 0.271 e. The SMILES string of the molecule is COc1ccc(/C(O)=C2\C(=N)N(c3cc([N+](=O)[O-])ccc3C)C3=C(C(=O)CCC3)C2c2ccc3c(c2)OCO3)cc1. The Labute approximate surface area is 235 Å². The number of ketones is 1. The number of aliphatic hydroxyl groups is 1. The van der Waals surface area contributed by atoms with Gasteiger partial charge in [0.1, 0.15) is 17.3 Å². The third kappa shape index (κ3) is 4.37. The summed E-state index contributed by atoms with van der Waals surface area (Å²) in [4.78, 5) is 26.5. The van der Waals surface area contributed by atoms with Crippen LogP contribution in [0.5, 0.6) is 17.2 Å². The molecule has 2 heterocycles. The molecule has 0 spiro atoms. The monoisotopic (exact) mass is 553 g/mol. The van der Waals surface area contributed by atoms with Crippen molar-refractivity contribution >= 4 is 28.8 Å². The molecule has 0 bridgehead atoms. The molecule has 10 heteroatoms. The lowest BCUT2D eigenvalue weighted by Crippen LogP contribution is -2.42. The molecule has 2 N–H and O–H groups in total. The predicted octanol–water partition coefficient (Wildman–Crippen LogP) is 6.20. The molecule has 0 saturated carbocycles. The summed E-state index contributed by atoms with van der Waals surface area (Å²) in [5, 5.41) is 33.0. The normalized spacial score (nSPS) is 19.3. The van der Waals surface area contributed by atoms with Crippen molar-refractivity contribution in [3.63, 3.8) is 0 Å². The maximum atomic E-state index is 13.7. The minimum atomic E-state index is -0.780. The maximum Gasteiger partial charge on any atom is 0.271 e. The standard InChI is InChI=1S/C31H27N3O7/c1-17-6-10-20(34(37)38)15-23(17)33-22-4-3-5-24(35)28(22)27(19-9-13-25-26(14-19)41-16-40-25)29(31(33)32)30(36)18-7-11-21(39-2)12-8-18/h6-15,27,32,36H,3-5,16H2,1-2H3/b30-29+,32-31?. The molecule has 0 saturated heterocycles. The number of hydrogen-bond donors (Lipinski definition) is 2. The Morgan fingerprint density at radius 3 is 2.56 bits per heavy atom. The maximum absolute atomic E-state index is 13.7. The molecule has 0 radical (unpaired) electrons. The molecule has 1 unspecified atom stereocenters. The summed E-state index contributed by atoms with van der Waals surface area (Å²) in [6, 6.07) is 16.6. The molecule has 6 rings (SSSR count). The zero-order chi connectivity index (χ0) is 28.8. The minimum Gasteiger partial charge on any atom is -0.507 e. The Kier molecular flexibility index (Phi) is 6.45. The number of nitrogens with zero attached hydrogens (tertiary/aromatic N) is 2. The third-order valence-electron chi connectivity index (χ3n) is 7.75. The molecule has 0 aromatic heterocycles. The molecule has 2 aliphatic heterocycles. The van der Waals surface area contributed by atoms with Gasteiger partial charge in [-0.3, -0.25) is 25.2 Å². The van der Waals surface area contributed by atoms with Gasteiger partial charge in [-0.15, -0.1) is 0 Å². The number of benzene rings is 3. The van der Waals surface area contributed by atoms with Gasteiger partial charge in [-0.05, 0) is 67.3 Å². The van der Waals surface area contributed by atoms with Gasteiger partial charge in [-0.25, -0.2) is 0 Å². The Morgan fingerprint density at radius 1 is 1.07 bits per heavy atom. The lowest BCUT2D eigenvalue weighted by molar-refractivity contribution is -0.384. The molecule has 3 aliphatic rings. The first kappa shape index (κ1) is 26.1. The first-order valence-electron chi connectivity index (χ1n) is 13.2. The van der Waals surface area contributed by atoms with Gasteiger partial charge < -0.3 is 19.3 Å². The Hall–Kier alpha value is -5.12. The predicted molar refractivity (Wildman–Crippen MR) is 152 cm³/mol. The van der Waals surface area contributed by atoms with E-state index in [4.69, 9.17) is 14.2 Å². The van der Waals surface area contributed by atoms with E-state index in [0.717, 1.165) is 0 Å². The number of allylic oxidation sites excluding steroid dienone is 2. The highest BCUT2D eigenvalue weighted by atomic mass is 16.7. The number of Topliss-reactive ketones (excluding diaryl/α,β-unsaturated/α-hetero) is 1. The number of aryl methyl sites for hydroxylation is 1. The van der Waals surface area contributed by atoms with Crippen molar-refractivity contribution in [3.05, 3.63) is 104 Å². The summed E-state index contributed by atoms with van der Waals surface area (Å²) in [6.07, 6.45) is 1.38. The number of hydrogen-bond acceptors (Lipinski definition) is 8. The number of nitrogens with one attached hydrogen (secondary N) is 1.